The third-order valence-electron chi connectivity index (χ3n) is 7.56. The molecule has 0 saturated heterocycles. The summed E-state index contributed by atoms with van der Waals surface area (Å²) in [4.78, 5) is 29.6. The van der Waals surface area contributed by atoms with Crippen molar-refractivity contribution in [2.24, 2.45) is 10.2 Å². The summed E-state index contributed by atoms with van der Waals surface area (Å²) in [5, 5.41) is 27.9. The molecular formula is C31H21N7O9S2. The molecule has 2 heterocycles. The summed E-state index contributed by atoms with van der Waals surface area (Å²) in [7, 11) is -9.22. The number of nitrogens with one attached hydrogen (secondary N) is 3. The number of nitrogens with zero attached hydrogens (tertiary/aromatic N) is 4. The van der Waals surface area contributed by atoms with Gasteiger partial charge in [0.2, 0.25) is 5.82 Å². The lowest BCUT2D eigenvalue weighted by molar-refractivity contribution is 0.101. The Labute approximate surface area is 274 Å². The van der Waals surface area contributed by atoms with Crippen molar-refractivity contribution < 1.29 is 35.8 Å². The van der Waals surface area contributed by atoms with Crippen LogP contribution in [0.4, 0.5) is 17.2 Å². The molecule has 0 fully saturated rings. The van der Waals surface area contributed by atoms with Gasteiger partial charge in [-0.25, -0.2) is 9.48 Å². The maximum Gasteiger partial charge on any atom is 0.323 e. The van der Waals surface area contributed by atoms with E-state index >= 15 is 0 Å². The van der Waals surface area contributed by atoms with Crippen molar-refractivity contribution in [1.82, 2.24) is 19.7 Å². The zero-order valence-corrected chi connectivity index (χ0v) is 26.2. The minimum atomic E-state index is -4.69. The van der Waals surface area contributed by atoms with Gasteiger partial charge in [0.1, 0.15) is 4.90 Å². The number of carbonyl (C=O) groups excluding carboxylic acids is 1. The molecular weight excluding hydrogens is 679 g/mol. The number of azo groups is 1. The molecule has 7 rings (SSSR count). The van der Waals surface area contributed by atoms with E-state index in [9.17, 15) is 40.6 Å². The third-order valence-corrected chi connectivity index (χ3v) is 9.30. The molecule has 0 saturated carbocycles. The predicted molar refractivity (Wildman–Crippen MR) is 177 cm³/mol. The van der Waals surface area contributed by atoms with E-state index in [4.69, 9.17) is 0 Å². The van der Waals surface area contributed by atoms with Gasteiger partial charge in [0.05, 0.1) is 27.3 Å². The lowest BCUT2D eigenvalue weighted by Gasteiger charge is -2.09. The average molecular weight is 700 g/mol. The summed E-state index contributed by atoms with van der Waals surface area (Å²) in [5.74, 6) is -1.97. The maximum atomic E-state index is 13.5. The van der Waals surface area contributed by atoms with Crippen LogP contribution in [0.15, 0.2) is 116 Å². The Balaban J connectivity index is 1.40. The SMILES string of the molecule is O=C(Nc1ccc2[nH]c(=O)[nH]c2c1)c1nn(-c2cccc3cc(S(=O)(=O)O)ccc23)c(N=Nc2cccc3cccc(S(=O)(=O)O)c23)c1O. The summed E-state index contributed by atoms with van der Waals surface area (Å²) in [5.41, 5.74) is 0.418. The van der Waals surface area contributed by atoms with E-state index < -0.39 is 48.2 Å². The van der Waals surface area contributed by atoms with Gasteiger partial charge in [-0.15, -0.1) is 10.2 Å². The van der Waals surface area contributed by atoms with Gasteiger partial charge in [-0.2, -0.15) is 21.9 Å². The van der Waals surface area contributed by atoms with Gasteiger partial charge in [-0.05, 0) is 59.3 Å². The smallest absolute Gasteiger partial charge is 0.323 e. The van der Waals surface area contributed by atoms with Gasteiger partial charge in [0.15, 0.2) is 11.4 Å². The number of H-pyrrole nitrogens is 2. The van der Waals surface area contributed by atoms with Gasteiger partial charge in [-0.1, -0.05) is 42.5 Å². The van der Waals surface area contributed by atoms with Crippen LogP contribution in [-0.2, 0) is 20.2 Å². The minimum absolute atomic E-state index is 0.00612. The van der Waals surface area contributed by atoms with E-state index in [1.54, 1.807) is 42.5 Å². The third kappa shape index (κ3) is 5.80. The first-order chi connectivity index (χ1) is 23.3. The van der Waals surface area contributed by atoms with Crippen LogP contribution in [0.3, 0.4) is 0 Å². The molecule has 6 N–H and O–H groups in total. The first-order valence-electron chi connectivity index (χ1n) is 14.0. The summed E-state index contributed by atoms with van der Waals surface area (Å²) < 4.78 is 68.5. The Bertz CT molecular complexity index is 2820. The summed E-state index contributed by atoms with van der Waals surface area (Å²) in [6, 6.07) is 21.8. The monoisotopic (exact) mass is 699 g/mol. The number of benzene rings is 5. The number of imidazole rings is 1. The number of hydrogen-bond acceptors (Lipinski definition) is 10. The molecule has 49 heavy (non-hydrogen) atoms. The van der Waals surface area contributed by atoms with Crippen LogP contribution >= 0.6 is 0 Å². The van der Waals surface area contributed by atoms with E-state index in [0.717, 1.165) is 10.7 Å². The fourth-order valence-electron chi connectivity index (χ4n) is 5.39. The highest BCUT2D eigenvalue weighted by atomic mass is 32.2. The normalized spacial score (nSPS) is 12.4. The number of carbonyl (C=O) groups is 1. The molecule has 7 aromatic rings. The molecule has 18 heteroatoms. The molecule has 0 atom stereocenters. The quantitative estimate of drug-likeness (QED) is 0.0935. The van der Waals surface area contributed by atoms with Crippen LogP contribution in [0.1, 0.15) is 10.5 Å². The van der Waals surface area contributed by atoms with Gasteiger partial charge in [-0.3, -0.25) is 13.9 Å². The Kier molecular flexibility index (Phi) is 7.36. The number of anilines is 1. The molecule has 0 aliphatic rings. The van der Waals surface area contributed by atoms with Crippen molar-refractivity contribution >= 4 is 75.9 Å². The molecule has 0 aliphatic carbocycles. The van der Waals surface area contributed by atoms with Crippen LogP contribution in [0.5, 0.6) is 5.75 Å². The second-order valence-corrected chi connectivity index (χ2v) is 13.5. The van der Waals surface area contributed by atoms with Gasteiger partial charge in [0.25, 0.3) is 26.1 Å². The largest absolute Gasteiger partial charge is 0.502 e. The molecule has 16 nitrogen and oxygen atoms in total. The fourth-order valence-corrected chi connectivity index (χ4v) is 6.64. The number of amides is 1. The minimum Gasteiger partial charge on any atom is -0.502 e. The van der Waals surface area contributed by atoms with Gasteiger partial charge in [0, 0.05) is 16.5 Å². The lowest BCUT2D eigenvalue weighted by atomic mass is 10.1. The topological polar surface area (TPSA) is 249 Å². The van der Waals surface area contributed by atoms with E-state index in [0.29, 0.717) is 27.2 Å². The number of fused-ring (bicyclic) bond motifs is 3. The first kappa shape index (κ1) is 31.4. The highest BCUT2D eigenvalue weighted by molar-refractivity contribution is 7.86. The Morgan fingerprint density at radius 3 is 2.27 bits per heavy atom. The number of aromatic nitrogens is 4. The van der Waals surface area contributed by atoms with Crippen LogP contribution in [-0.4, -0.2) is 56.7 Å². The summed E-state index contributed by atoms with van der Waals surface area (Å²) in [6.45, 7) is 0. The number of hydrogen-bond donors (Lipinski definition) is 6. The predicted octanol–water partition coefficient (Wildman–Crippen LogP) is 5.22. The highest BCUT2D eigenvalue weighted by Gasteiger charge is 2.26. The van der Waals surface area contributed by atoms with Gasteiger partial charge < -0.3 is 20.4 Å². The molecule has 0 aliphatic heterocycles. The van der Waals surface area contributed by atoms with Crippen molar-refractivity contribution in [1.29, 1.82) is 0 Å². The molecule has 0 spiro atoms. The van der Waals surface area contributed by atoms with Crippen LogP contribution < -0.4 is 11.0 Å². The van der Waals surface area contributed by atoms with Crippen molar-refractivity contribution in [3.63, 3.8) is 0 Å². The Morgan fingerprint density at radius 1 is 0.796 bits per heavy atom. The van der Waals surface area contributed by atoms with Crippen molar-refractivity contribution in [3.05, 3.63) is 107 Å². The van der Waals surface area contributed by atoms with Crippen molar-refractivity contribution in [3.8, 4) is 11.4 Å². The number of aromatic hydroxyl groups is 1. The zero-order valence-electron chi connectivity index (χ0n) is 24.6. The standard InChI is InChI=1S/C31H21N7O9S2/c39-28-27(30(40)32-18-10-13-21-23(15-18)34-31(41)33-21)37-38(24-8-2-6-17-14-19(48(42,43)44)11-12-20(17)24)29(28)36-35-22-7-1-4-16-5-3-9-25(26(16)22)49(45,46)47/h1-15,39H,(H,32,40)(H2,33,34,41)(H,42,43,44)(H,45,46,47). The average Bonchev–Trinajstić information content (AvgIpc) is 3.59. The van der Waals surface area contributed by atoms with E-state index in [1.165, 1.54) is 42.5 Å². The fraction of sp³-hybridized carbons (Fsp3) is 0. The molecule has 0 radical (unpaired) electrons. The molecule has 0 unspecified atom stereocenters. The molecule has 246 valence electrons. The number of rotatable bonds is 7. The van der Waals surface area contributed by atoms with Crippen LogP contribution in [0.25, 0.3) is 38.3 Å². The molecule has 1 amide bonds. The molecule has 0 bridgehead atoms. The summed E-state index contributed by atoms with van der Waals surface area (Å²) >= 11 is 0. The highest BCUT2D eigenvalue weighted by Crippen LogP contribution is 2.39. The molecule has 2 aromatic heterocycles. The van der Waals surface area contributed by atoms with E-state index in [2.05, 4.69) is 30.6 Å². The van der Waals surface area contributed by atoms with Gasteiger partial charge >= 0.3 is 5.69 Å². The Hall–Kier alpha value is -6.21. The van der Waals surface area contributed by atoms with Crippen molar-refractivity contribution in [2.75, 3.05) is 5.32 Å². The lowest BCUT2D eigenvalue weighted by Crippen LogP contribution is -2.13. The van der Waals surface area contributed by atoms with Crippen molar-refractivity contribution in [2.45, 2.75) is 9.79 Å². The first-order valence-corrected chi connectivity index (χ1v) is 16.9. The zero-order chi connectivity index (χ0) is 34.7. The van der Waals surface area contributed by atoms with E-state index in [-0.39, 0.29) is 33.2 Å². The summed E-state index contributed by atoms with van der Waals surface area (Å²) in [6.07, 6.45) is 0. The second kappa shape index (κ2) is 11.5. The van der Waals surface area contributed by atoms with Crippen LogP contribution in [0, 0.1) is 0 Å². The maximum absolute atomic E-state index is 13.5. The van der Waals surface area contributed by atoms with E-state index in [1.807, 2.05) is 0 Å². The Morgan fingerprint density at radius 2 is 1.51 bits per heavy atom. The van der Waals surface area contributed by atoms with Crippen LogP contribution in [0.2, 0.25) is 0 Å². The molecule has 5 aromatic carbocycles. The number of aromatic amines is 2. The second-order valence-electron chi connectivity index (χ2n) is 10.7.